The van der Waals surface area contributed by atoms with Crippen LogP contribution in [0, 0.1) is 6.92 Å². The quantitative estimate of drug-likeness (QED) is 0.445. The van der Waals surface area contributed by atoms with Crippen LogP contribution in [0.25, 0.3) is 21.3 Å². The number of amides is 1. The van der Waals surface area contributed by atoms with Crippen LogP contribution in [-0.2, 0) is 17.9 Å². The first-order valence-corrected chi connectivity index (χ1v) is 11.0. The molecule has 0 bridgehead atoms. The molecule has 0 aliphatic carbocycles. The van der Waals surface area contributed by atoms with Crippen molar-refractivity contribution in [3.63, 3.8) is 0 Å². The molecule has 0 spiro atoms. The van der Waals surface area contributed by atoms with Crippen LogP contribution in [-0.4, -0.2) is 27.4 Å². The molecular formula is C21H18ClN3O2S2. The molecule has 0 radical (unpaired) electrons. The van der Waals surface area contributed by atoms with Crippen LogP contribution in [0.2, 0.25) is 4.34 Å². The summed E-state index contributed by atoms with van der Waals surface area (Å²) in [4.78, 5) is 34.6. The van der Waals surface area contributed by atoms with Crippen molar-refractivity contribution >= 4 is 50.4 Å². The minimum Gasteiger partial charge on any atom is -0.339 e. The summed E-state index contributed by atoms with van der Waals surface area (Å²) in [5.74, 6) is -0.161. The van der Waals surface area contributed by atoms with Crippen molar-refractivity contribution in [1.82, 2.24) is 14.5 Å². The van der Waals surface area contributed by atoms with Crippen molar-refractivity contribution in [1.29, 1.82) is 0 Å². The minimum absolute atomic E-state index is 0.0551. The summed E-state index contributed by atoms with van der Waals surface area (Å²) in [6, 6.07) is 13.5. The predicted octanol–water partition coefficient (Wildman–Crippen LogP) is 4.81. The molecule has 3 heterocycles. The Morgan fingerprint density at radius 2 is 1.93 bits per heavy atom. The largest absolute Gasteiger partial charge is 0.339 e. The van der Waals surface area contributed by atoms with Crippen LogP contribution in [0.15, 0.2) is 53.6 Å². The number of rotatable bonds is 5. The van der Waals surface area contributed by atoms with Crippen LogP contribution in [0.5, 0.6) is 0 Å². The number of nitrogens with zero attached hydrogens (tertiary/aromatic N) is 3. The molecular weight excluding hydrogens is 426 g/mol. The summed E-state index contributed by atoms with van der Waals surface area (Å²) in [6.07, 6.45) is 1.46. The molecule has 148 valence electrons. The molecule has 0 atom stereocenters. The van der Waals surface area contributed by atoms with Gasteiger partial charge in [-0.1, -0.05) is 41.9 Å². The molecule has 0 fully saturated rings. The van der Waals surface area contributed by atoms with Crippen LogP contribution in [0.4, 0.5) is 0 Å². The van der Waals surface area contributed by atoms with E-state index in [2.05, 4.69) is 4.98 Å². The van der Waals surface area contributed by atoms with E-state index in [1.807, 2.05) is 49.4 Å². The first-order valence-electron chi connectivity index (χ1n) is 8.96. The number of fused-ring (bicyclic) bond motifs is 1. The topological polar surface area (TPSA) is 55.2 Å². The summed E-state index contributed by atoms with van der Waals surface area (Å²) in [6.45, 7) is 2.39. The Bertz CT molecular complexity index is 1240. The number of thiophene rings is 2. The molecule has 1 amide bonds. The van der Waals surface area contributed by atoms with E-state index in [-0.39, 0.29) is 18.0 Å². The zero-order valence-electron chi connectivity index (χ0n) is 15.9. The fraction of sp³-hybridized carbons (Fsp3) is 0.190. The van der Waals surface area contributed by atoms with Gasteiger partial charge in [0.1, 0.15) is 11.4 Å². The summed E-state index contributed by atoms with van der Waals surface area (Å²) in [5, 5.41) is 0.571. The lowest BCUT2D eigenvalue weighted by Gasteiger charge is -2.17. The van der Waals surface area contributed by atoms with Gasteiger partial charge in [-0.15, -0.1) is 22.7 Å². The molecule has 0 saturated carbocycles. The highest BCUT2D eigenvalue weighted by Gasteiger charge is 2.19. The molecule has 4 aromatic rings. The average Bonchev–Trinajstić information content (AvgIpc) is 3.27. The maximum Gasteiger partial charge on any atom is 0.263 e. The fourth-order valence-electron chi connectivity index (χ4n) is 3.23. The van der Waals surface area contributed by atoms with E-state index in [0.29, 0.717) is 21.1 Å². The van der Waals surface area contributed by atoms with Crippen molar-refractivity contribution in [3.05, 3.63) is 73.2 Å². The molecule has 0 saturated heterocycles. The number of hydrogen-bond acceptors (Lipinski definition) is 5. The maximum atomic E-state index is 13.2. The second-order valence-corrected chi connectivity index (χ2v) is 9.72. The molecule has 5 nitrogen and oxygen atoms in total. The Labute approximate surface area is 180 Å². The molecule has 1 aromatic carbocycles. The molecule has 0 aliphatic heterocycles. The van der Waals surface area contributed by atoms with Crippen LogP contribution >= 0.6 is 34.3 Å². The van der Waals surface area contributed by atoms with Crippen LogP contribution in [0.3, 0.4) is 0 Å². The lowest BCUT2D eigenvalue weighted by atomic mass is 10.0. The SMILES string of the molecule is Cc1sc2ncn(CC(=O)N(C)Cc3ccc(Cl)s3)c(=O)c2c1-c1ccccc1. The zero-order chi connectivity index (χ0) is 20.5. The number of hydrogen-bond donors (Lipinski definition) is 0. The summed E-state index contributed by atoms with van der Waals surface area (Å²) >= 11 is 8.89. The molecule has 0 aliphatic rings. The highest BCUT2D eigenvalue weighted by molar-refractivity contribution is 7.19. The van der Waals surface area contributed by atoms with Gasteiger partial charge in [-0.05, 0) is 24.6 Å². The van der Waals surface area contributed by atoms with Crippen molar-refractivity contribution in [3.8, 4) is 11.1 Å². The van der Waals surface area contributed by atoms with Crippen molar-refractivity contribution < 1.29 is 4.79 Å². The molecule has 0 unspecified atom stereocenters. The lowest BCUT2D eigenvalue weighted by Crippen LogP contribution is -2.33. The van der Waals surface area contributed by atoms with Gasteiger partial charge in [-0.25, -0.2) is 4.98 Å². The number of likely N-dealkylation sites (N-methyl/N-ethyl adjacent to an activating group) is 1. The summed E-state index contributed by atoms with van der Waals surface area (Å²) in [5.41, 5.74) is 1.68. The summed E-state index contributed by atoms with van der Waals surface area (Å²) in [7, 11) is 1.72. The van der Waals surface area contributed by atoms with Gasteiger partial charge in [-0.3, -0.25) is 14.2 Å². The normalized spacial score (nSPS) is 11.1. The van der Waals surface area contributed by atoms with E-state index in [1.54, 1.807) is 11.9 Å². The van der Waals surface area contributed by atoms with Gasteiger partial charge < -0.3 is 4.90 Å². The van der Waals surface area contributed by atoms with Gasteiger partial charge >= 0.3 is 0 Å². The molecule has 8 heteroatoms. The Hall–Kier alpha value is -2.48. The van der Waals surface area contributed by atoms with E-state index < -0.39 is 0 Å². The van der Waals surface area contributed by atoms with E-state index in [1.165, 1.54) is 33.6 Å². The van der Waals surface area contributed by atoms with Gasteiger partial charge in [0, 0.05) is 22.4 Å². The third-order valence-electron chi connectivity index (χ3n) is 4.67. The van der Waals surface area contributed by atoms with Crippen LogP contribution < -0.4 is 5.56 Å². The number of benzene rings is 1. The van der Waals surface area contributed by atoms with Gasteiger partial charge in [0.2, 0.25) is 5.91 Å². The smallest absolute Gasteiger partial charge is 0.263 e. The molecule has 4 rings (SSSR count). The third-order valence-corrected chi connectivity index (χ3v) is 6.90. The first kappa shape index (κ1) is 19.8. The average molecular weight is 444 g/mol. The Balaban J connectivity index is 1.65. The zero-order valence-corrected chi connectivity index (χ0v) is 18.3. The minimum atomic E-state index is -0.195. The van der Waals surface area contributed by atoms with Gasteiger partial charge in [0.05, 0.1) is 22.6 Å². The highest BCUT2D eigenvalue weighted by Crippen LogP contribution is 2.35. The monoisotopic (exact) mass is 443 g/mol. The molecule has 3 aromatic heterocycles. The van der Waals surface area contributed by atoms with Crippen molar-refractivity contribution in [2.75, 3.05) is 7.05 Å². The second-order valence-electron chi connectivity index (χ2n) is 6.71. The second kappa shape index (κ2) is 8.10. The van der Waals surface area contributed by atoms with E-state index >= 15 is 0 Å². The number of aryl methyl sites for hydroxylation is 1. The Morgan fingerprint density at radius 1 is 1.17 bits per heavy atom. The molecule has 0 N–H and O–H groups in total. The molecule has 29 heavy (non-hydrogen) atoms. The van der Waals surface area contributed by atoms with Gasteiger partial charge in [-0.2, -0.15) is 0 Å². The lowest BCUT2D eigenvalue weighted by molar-refractivity contribution is -0.131. The Kier molecular flexibility index (Phi) is 5.54. The van der Waals surface area contributed by atoms with Gasteiger partial charge in [0.25, 0.3) is 5.56 Å². The van der Waals surface area contributed by atoms with Crippen molar-refractivity contribution in [2.24, 2.45) is 0 Å². The number of carbonyl (C=O) groups excluding carboxylic acids is 1. The van der Waals surface area contributed by atoms with E-state index in [4.69, 9.17) is 11.6 Å². The van der Waals surface area contributed by atoms with E-state index in [9.17, 15) is 9.59 Å². The summed E-state index contributed by atoms with van der Waals surface area (Å²) < 4.78 is 2.08. The van der Waals surface area contributed by atoms with Gasteiger partial charge in [0.15, 0.2) is 0 Å². The third kappa shape index (κ3) is 3.99. The maximum absolute atomic E-state index is 13.2. The highest BCUT2D eigenvalue weighted by atomic mass is 35.5. The van der Waals surface area contributed by atoms with E-state index in [0.717, 1.165) is 20.9 Å². The van der Waals surface area contributed by atoms with Crippen molar-refractivity contribution in [2.45, 2.75) is 20.0 Å². The number of aromatic nitrogens is 2. The number of halogens is 1. The number of carbonyl (C=O) groups is 1. The fourth-order valence-corrected chi connectivity index (χ4v) is 5.37. The van der Waals surface area contributed by atoms with Crippen LogP contribution in [0.1, 0.15) is 9.75 Å². The standard InChI is InChI=1S/C21H18ClN3O2S2/c1-13-18(14-6-4-3-5-7-14)19-20(28-13)23-12-25(21(19)27)11-17(26)24(2)10-15-8-9-16(22)29-15/h3-9,12H,10-11H2,1-2H3. The Morgan fingerprint density at radius 3 is 2.62 bits per heavy atom. The predicted molar refractivity (Wildman–Crippen MR) is 120 cm³/mol. The first-order chi connectivity index (χ1) is 13.9.